The van der Waals surface area contributed by atoms with Crippen LogP contribution >= 0.6 is 0 Å². The molecule has 2 aromatic rings. The van der Waals surface area contributed by atoms with E-state index in [0.717, 1.165) is 11.3 Å². The van der Waals surface area contributed by atoms with Crippen LogP contribution in [-0.4, -0.2) is 30.0 Å². The Morgan fingerprint density at radius 1 is 1.04 bits per heavy atom. The zero-order valence-electron chi connectivity index (χ0n) is 13.0. The van der Waals surface area contributed by atoms with Crippen LogP contribution in [0.2, 0.25) is 0 Å². The molecule has 0 atom stereocenters. The van der Waals surface area contributed by atoms with Gasteiger partial charge in [0, 0.05) is 12.6 Å². The zero-order chi connectivity index (χ0) is 16.8. The third-order valence-corrected chi connectivity index (χ3v) is 3.46. The van der Waals surface area contributed by atoms with Crippen LogP contribution in [0.5, 0.6) is 11.5 Å². The summed E-state index contributed by atoms with van der Waals surface area (Å²) >= 11 is 0. The van der Waals surface area contributed by atoms with Gasteiger partial charge in [-0.15, -0.1) is 0 Å². The molecule has 2 N–H and O–H groups in total. The fourth-order valence-electron chi connectivity index (χ4n) is 2.25. The predicted octanol–water partition coefficient (Wildman–Crippen LogP) is 1.25. The second-order valence-electron chi connectivity index (χ2n) is 5.20. The summed E-state index contributed by atoms with van der Waals surface area (Å²) in [5, 5.41) is 0. The predicted molar refractivity (Wildman–Crippen MR) is 85.6 cm³/mol. The molecule has 2 heterocycles. The molecule has 1 aliphatic heterocycles. The molecule has 0 spiro atoms. The molecule has 1 aromatic carbocycles. The SMILES string of the molecule is O=C(CCc1ccc2c(c1)OCCO2)NNC(=O)c1ccccn1. The van der Waals surface area contributed by atoms with Gasteiger partial charge in [-0.2, -0.15) is 0 Å². The Hall–Kier alpha value is -3.09. The molecule has 0 fully saturated rings. The Morgan fingerprint density at radius 3 is 2.67 bits per heavy atom. The number of nitrogens with one attached hydrogen (secondary N) is 2. The van der Waals surface area contributed by atoms with Gasteiger partial charge >= 0.3 is 0 Å². The van der Waals surface area contributed by atoms with Gasteiger partial charge in [0.25, 0.3) is 5.91 Å². The molecule has 0 radical (unpaired) electrons. The molecule has 7 heteroatoms. The maximum atomic E-state index is 11.8. The monoisotopic (exact) mass is 327 g/mol. The number of benzene rings is 1. The first-order valence-electron chi connectivity index (χ1n) is 7.61. The average molecular weight is 327 g/mol. The van der Waals surface area contributed by atoms with Crippen LogP contribution in [0.25, 0.3) is 0 Å². The Kier molecular flexibility index (Phi) is 4.90. The van der Waals surface area contributed by atoms with Crippen molar-refractivity contribution in [3.8, 4) is 11.5 Å². The van der Waals surface area contributed by atoms with E-state index in [1.807, 2.05) is 18.2 Å². The first-order chi connectivity index (χ1) is 11.7. The number of fused-ring (bicyclic) bond motifs is 1. The minimum absolute atomic E-state index is 0.238. The lowest BCUT2D eigenvalue weighted by Crippen LogP contribution is -2.42. The normalized spacial score (nSPS) is 12.3. The lowest BCUT2D eigenvalue weighted by molar-refractivity contribution is -0.121. The Bertz CT molecular complexity index is 734. The molecular weight excluding hydrogens is 310 g/mol. The fourth-order valence-corrected chi connectivity index (χ4v) is 2.25. The number of carbonyl (C=O) groups is 2. The van der Waals surface area contributed by atoms with Crippen LogP contribution in [0, 0.1) is 0 Å². The summed E-state index contributed by atoms with van der Waals surface area (Å²) in [6.07, 6.45) is 2.28. The molecule has 124 valence electrons. The molecule has 0 saturated heterocycles. The van der Waals surface area contributed by atoms with Crippen molar-refractivity contribution >= 4 is 11.8 Å². The minimum atomic E-state index is -0.455. The molecule has 1 aromatic heterocycles. The number of nitrogens with zero attached hydrogens (tertiary/aromatic N) is 1. The van der Waals surface area contributed by atoms with Gasteiger partial charge in [-0.3, -0.25) is 25.4 Å². The van der Waals surface area contributed by atoms with Crippen LogP contribution in [0.1, 0.15) is 22.5 Å². The number of aromatic nitrogens is 1. The van der Waals surface area contributed by atoms with Crippen molar-refractivity contribution in [1.29, 1.82) is 0 Å². The van der Waals surface area contributed by atoms with Crippen molar-refractivity contribution in [2.45, 2.75) is 12.8 Å². The van der Waals surface area contributed by atoms with E-state index >= 15 is 0 Å². The van der Waals surface area contributed by atoms with Gasteiger partial charge in [0.15, 0.2) is 11.5 Å². The van der Waals surface area contributed by atoms with Crippen LogP contribution in [0.3, 0.4) is 0 Å². The van der Waals surface area contributed by atoms with E-state index < -0.39 is 5.91 Å². The van der Waals surface area contributed by atoms with Gasteiger partial charge in [0.1, 0.15) is 18.9 Å². The minimum Gasteiger partial charge on any atom is -0.486 e. The molecule has 24 heavy (non-hydrogen) atoms. The van der Waals surface area contributed by atoms with Crippen LogP contribution in [0.15, 0.2) is 42.6 Å². The number of hydrogen-bond donors (Lipinski definition) is 2. The van der Waals surface area contributed by atoms with Gasteiger partial charge in [0.2, 0.25) is 5.91 Å². The number of carbonyl (C=O) groups excluding carboxylic acids is 2. The van der Waals surface area contributed by atoms with E-state index in [0.29, 0.717) is 25.4 Å². The molecule has 0 bridgehead atoms. The number of rotatable bonds is 4. The van der Waals surface area contributed by atoms with Crippen molar-refractivity contribution in [3.05, 3.63) is 53.9 Å². The highest BCUT2D eigenvalue weighted by Gasteiger charge is 2.12. The second-order valence-corrected chi connectivity index (χ2v) is 5.20. The molecule has 3 rings (SSSR count). The van der Waals surface area contributed by atoms with E-state index in [1.54, 1.807) is 18.2 Å². The average Bonchev–Trinajstić information content (AvgIpc) is 2.65. The van der Waals surface area contributed by atoms with Crippen molar-refractivity contribution < 1.29 is 19.1 Å². The molecule has 7 nitrogen and oxygen atoms in total. The topological polar surface area (TPSA) is 89.5 Å². The molecule has 2 amide bonds. The third kappa shape index (κ3) is 4.01. The summed E-state index contributed by atoms with van der Waals surface area (Å²) in [4.78, 5) is 27.5. The van der Waals surface area contributed by atoms with Crippen LogP contribution in [0.4, 0.5) is 0 Å². The zero-order valence-corrected chi connectivity index (χ0v) is 13.0. The Balaban J connectivity index is 1.46. The van der Waals surface area contributed by atoms with Crippen molar-refractivity contribution in [1.82, 2.24) is 15.8 Å². The summed E-state index contributed by atoms with van der Waals surface area (Å²) in [6, 6.07) is 10.6. The molecule has 0 saturated carbocycles. The Morgan fingerprint density at radius 2 is 1.88 bits per heavy atom. The number of ether oxygens (including phenoxy) is 2. The van der Waals surface area contributed by atoms with E-state index in [-0.39, 0.29) is 18.0 Å². The number of hydrazine groups is 1. The highest BCUT2D eigenvalue weighted by atomic mass is 16.6. The molecule has 1 aliphatic rings. The number of amides is 2. The lowest BCUT2D eigenvalue weighted by atomic mass is 10.1. The third-order valence-electron chi connectivity index (χ3n) is 3.46. The van der Waals surface area contributed by atoms with Gasteiger partial charge in [-0.25, -0.2) is 0 Å². The van der Waals surface area contributed by atoms with Gasteiger partial charge in [-0.1, -0.05) is 12.1 Å². The van der Waals surface area contributed by atoms with Crippen LogP contribution in [-0.2, 0) is 11.2 Å². The lowest BCUT2D eigenvalue weighted by Gasteiger charge is -2.18. The largest absolute Gasteiger partial charge is 0.486 e. The number of hydrogen-bond acceptors (Lipinski definition) is 5. The quantitative estimate of drug-likeness (QED) is 0.825. The summed E-state index contributed by atoms with van der Waals surface area (Å²) in [6.45, 7) is 1.07. The maximum Gasteiger partial charge on any atom is 0.288 e. The highest BCUT2D eigenvalue weighted by Crippen LogP contribution is 2.30. The molecular formula is C17H17N3O4. The van der Waals surface area contributed by atoms with E-state index in [4.69, 9.17) is 9.47 Å². The van der Waals surface area contributed by atoms with E-state index in [2.05, 4.69) is 15.8 Å². The Labute approximate surface area is 139 Å². The van der Waals surface area contributed by atoms with Gasteiger partial charge in [0.05, 0.1) is 0 Å². The summed E-state index contributed by atoms with van der Waals surface area (Å²) in [5.74, 6) is 0.678. The van der Waals surface area contributed by atoms with E-state index in [9.17, 15) is 9.59 Å². The molecule has 0 unspecified atom stereocenters. The van der Waals surface area contributed by atoms with Crippen LogP contribution < -0.4 is 20.3 Å². The van der Waals surface area contributed by atoms with Gasteiger partial charge < -0.3 is 9.47 Å². The maximum absolute atomic E-state index is 11.8. The van der Waals surface area contributed by atoms with Crippen molar-refractivity contribution in [2.75, 3.05) is 13.2 Å². The second kappa shape index (κ2) is 7.45. The summed E-state index contributed by atoms with van der Waals surface area (Å²) < 4.78 is 11.0. The smallest absolute Gasteiger partial charge is 0.288 e. The van der Waals surface area contributed by atoms with E-state index in [1.165, 1.54) is 6.20 Å². The first kappa shape index (κ1) is 15.8. The number of pyridine rings is 1. The standard InChI is InChI=1S/C17H17N3O4/c21-16(19-20-17(22)13-3-1-2-8-18-13)7-5-12-4-6-14-15(11-12)24-10-9-23-14/h1-4,6,8,11H,5,7,9-10H2,(H,19,21)(H,20,22). The summed E-state index contributed by atoms with van der Waals surface area (Å²) in [7, 11) is 0. The summed E-state index contributed by atoms with van der Waals surface area (Å²) in [5.41, 5.74) is 5.92. The first-order valence-corrected chi connectivity index (χ1v) is 7.61. The van der Waals surface area contributed by atoms with Crippen molar-refractivity contribution in [3.63, 3.8) is 0 Å². The number of aryl methyl sites for hydroxylation is 1. The highest BCUT2D eigenvalue weighted by molar-refractivity contribution is 5.93. The van der Waals surface area contributed by atoms with Crippen molar-refractivity contribution in [2.24, 2.45) is 0 Å². The molecule has 0 aliphatic carbocycles. The fraction of sp³-hybridized carbons (Fsp3) is 0.235. The van der Waals surface area contributed by atoms with Gasteiger partial charge in [-0.05, 0) is 36.2 Å².